The number of carbonyl (C=O) groups excluding carboxylic acids is 1. The second kappa shape index (κ2) is 10.9. The first-order chi connectivity index (χ1) is 18.1. The Labute approximate surface area is 216 Å². The highest BCUT2D eigenvalue weighted by Crippen LogP contribution is 2.44. The molecule has 1 aromatic heterocycles. The fourth-order valence-corrected chi connectivity index (χ4v) is 5.23. The number of carbonyl (C=O) groups is 1. The van der Waals surface area contributed by atoms with E-state index in [0.29, 0.717) is 25.2 Å². The molecule has 2 heterocycles. The SMILES string of the molecule is COC(=O)Cn1cc(/C=C2/CN(C(c3ccccc3)(c3ccccc3)c3ccccc3)CCC2O)nn1. The van der Waals surface area contributed by atoms with Crippen molar-refractivity contribution in [2.45, 2.75) is 24.6 Å². The number of likely N-dealkylation sites (tertiary alicyclic amines) is 1. The number of ether oxygens (including phenoxy) is 1. The van der Waals surface area contributed by atoms with Gasteiger partial charge in [0.05, 0.1) is 24.9 Å². The van der Waals surface area contributed by atoms with Crippen molar-refractivity contribution in [1.82, 2.24) is 19.9 Å². The zero-order valence-corrected chi connectivity index (χ0v) is 20.8. The Bertz CT molecular complexity index is 1260. The third kappa shape index (κ3) is 4.96. The van der Waals surface area contributed by atoms with Crippen LogP contribution in [0, 0.1) is 0 Å². The summed E-state index contributed by atoms with van der Waals surface area (Å²) in [6.07, 6.45) is 3.55. The Balaban J connectivity index is 1.60. The molecule has 7 nitrogen and oxygen atoms in total. The molecule has 1 unspecified atom stereocenters. The van der Waals surface area contributed by atoms with Crippen LogP contribution in [-0.2, 0) is 21.6 Å². The number of esters is 1. The summed E-state index contributed by atoms with van der Waals surface area (Å²) in [7, 11) is 1.34. The van der Waals surface area contributed by atoms with Gasteiger partial charge in [-0.3, -0.25) is 9.69 Å². The summed E-state index contributed by atoms with van der Waals surface area (Å²) >= 11 is 0. The van der Waals surface area contributed by atoms with Gasteiger partial charge in [-0.1, -0.05) is 96.2 Å². The molecule has 188 valence electrons. The molecule has 1 atom stereocenters. The van der Waals surface area contributed by atoms with E-state index in [1.54, 1.807) is 6.20 Å². The number of benzene rings is 3. The van der Waals surface area contributed by atoms with Crippen molar-refractivity contribution in [3.05, 3.63) is 125 Å². The molecule has 1 saturated heterocycles. The van der Waals surface area contributed by atoms with E-state index >= 15 is 0 Å². The lowest BCUT2D eigenvalue weighted by Crippen LogP contribution is -2.52. The fraction of sp³-hybridized carbons (Fsp3) is 0.233. The van der Waals surface area contributed by atoms with Crippen LogP contribution in [0.3, 0.4) is 0 Å². The molecular formula is C30H30N4O3. The number of hydrogen-bond donors (Lipinski definition) is 1. The van der Waals surface area contributed by atoms with Crippen molar-refractivity contribution in [1.29, 1.82) is 0 Å². The van der Waals surface area contributed by atoms with Crippen molar-refractivity contribution >= 4 is 12.0 Å². The summed E-state index contributed by atoms with van der Waals surface area (Å²) in [6.45, 7) is 1.22. The van der Waals surface area contributed by atoms with Gasteiger partial charge in [0.2, 0.25) is 0 Å². The first-order valence-electron chi connectivity index (χ1n) is 12.4. The van der Waals surface area contributed by atoms with Crippen LogP contribution in [0.25, 0.3) is 6.08 Å². The van der Waals surface area contributed by atoms with Crippen molar-refractivity contribution in [3.8, 4) is 0 Å². The fourth-order valence-electron chi connectivity index (χ4n) is 5.23. The Hall–Kier alpha value is -4.07. The van der Waals surface area contributed by atoms with Crippen LogP contribution in [0.15, 0.2) is 103 Å². The predicted molar refractivity (Wildman–Crippen MR) is 141 cm³/mol. The van der Waals surface area contributed by atoms with Crippen LogP contribution in [0.2, 0.25) is 0 Å². The summed E-state index contributed by atoms with van der Waals surface area (Å²) in [5.74, 6) is -0.397. The Morgan fingerprint density at radius 2 is 1.51 bits per heavy atom. The number of rotatable bonds is 7. The van der Waals surface area contributed by atoms with Gasteiger partial charge < -0.3 is 9.84 Å². The molecule has 0 amide bonds. The van der Waals surface area contributed by atoms with Crippen LogP contribution in [0.5, 0.6) is 0 Å². The number of hydrogen-bond acceptors (Lipinski definition) is 6. The lowest BCUT2D eigenvalue weighted by atomic mass is 9.74. The van der Waals surface area contributed by atoms with Crippen LogP contribution in [0.1, 0.15) is 28.8 Å². The number of aliphatic hydroxyl groups excluding tert-OH is 1. The summed E-state index contributed by atoms with van der Waals surface area (Å²) in [5.41, 5.74) is 4.35. The Morgan fingerprint density at radius 3 is 2.03 bits per heavy atom. The maximum absolute atomic E-state index is 11.6. The largest absolute Gasteiger partial charge is 0.468 e. The first kappa shape index (κ1) is 24.6. The molecule has 0 aliphatic carbocycles. The van der Waals surface area contributed by atoms with Crippen LogP contribution < -0.4 is 0 Å². The van der Waals surface area contributed by atoms with Gasteiger partial charge in [-0.05, 0) is 34.8 Å². The average molecular weight is 495 g/mol. The van der Waals surface area contributed by atoms with Gasteiger partial charge in [-0.25, -0.2) is 4.68 Å². The van der Waals surface area contributed by atoms with Gasteiger partial charge >= 0.3 is 5.97 Å². The number of aromatic nitrogens is 3. The third-order valence-corrected chi connectivity index (χ3v) is 6.93. The molecule has 4 aromatic rings. The molecule has 0 bridgehead atoms. The zero-order chi connectivity index (χ0) is 25.7. The Kier molecular flexibility index (Phi) is 7.25. The standard InChI is InChI=1S/C30H30N4O3/c1-37-29(36)22-34-21-27(31-32-34)19-23-20-33(18-17-28(23)35)30(24-11-5-2-6-12-24,25-13-7-3-8-14-25)26-15-9-4-10-16-26/h2-16,19,21,28,35H,17-18,20,22H2,1H3/b23-19-. The van der Waals surface area contributed by atoms with Crippen LogP contribution in [0.4, 0.5) is 0 Å². The van der Waals surface area contributed by atoms with E-state index in [2.05, 4.69) is 88.0 Å². The second-order valence-corrected chi connectivity index (χ2v) is 9.17. The molecule has 0 spiro atoms. The molecular weight excluding hydrogens is 464 g/mol. The topological polar surface area (TPSA) is 80.5 Å². The summed E-state index contributed by atoms with van der Waals surface area (Å²) in [4.78, 5) is 14.1. The van der Waals surface area contributed by atoms with E-state index in [1.807, 2.05) is 24.3 Å². The molecule has 0 radical (unpaired) electrons. The van der Waals surface area contributed by atoms with E-state index in [4.69, 9.17) is 4.74 Å². The van der Waals surface area contributed by atoms with Crippen molar-refractivity contribution in [2.24, 2.45) is 0 Å². The van der Waals surface area contributed by atoms with E-state index in [-0.39, 0.29) is 6.54 Å². The number of methoxy groups -OCH3 is 1. The lowest BCUT2D eigenvalue weighted by Gasteiger charge is -2.48. The normalized spacial score (nSPS) is 17.6. The van der Waals surface area contributed by atoms with Gasteiger partial charge in [0.25, 0.3) is 0 Å². The zero-order valence-electron chi connectivity index (χ0n) is 20.8. The van der Waals surface area contributed by atoms with Gasteiger partial charge in [-0.2, -0.15) is 0 Å². The highest BCUT2D eigenvalue weighted by molar-refractivity contribution is 5.68. The van der Waals surface area contributed by atoms with Crippen molar-refractivity contribution in [3.63, 3.8) is 0 Å². The maximum Gasteiger partial charge on any atom is 0.327 e. The van der Waals surface area contributed by atoms with Gasteiger partial charge in [0.1, 0.15) is 12.2 Å². The lowest BCUT2D eigenvalue weighted by molar-refractivity contribution is -0.141. The van der Waals surface area contributed by atoms with Gasteiger partial charge in [0.15, 0.2) is 0 Å². The molecule has 3 aromatic carbocycles. The van der Waals surface area contributed by atoms with Crippen LogP contribution in [-0.4, -0.2) is 57.3 Å². The van der Waals surface area contributed by atoms with E-state index in [1.165, 1.54) is 11.8 Å². The number of aliphatic hydroxyl groups is 1. The molecule has 0 saturated carbocycles. The molecule has 1 aliphatic heterocycles. The number of nitrogens with zero attached hydrogens (tertiary/aromatic N) is 4. The van der Waals surface area contributed by atoms with E-state index in [0.717, 1.165) is 22.3 Å². The van der Waals surface area contributed by atoms with Gasteiger partial charge in [0, 0.05) is 13.1 Å². The molecule has 37 heavy (non-hydrogen) atoms. The maximum atomic E-state index is 11.6. The molecule has 5 rings (SSSR count). The molecule has 1 N–H and O–H groups in total. The molecule has 1 aliphatic rings. The van der Waals surface area contributed by atoms with Crippen molar-refractivity contribution in [2.75, 3.05) is 20.2 Å². The third-order valence-electron chi connectivity index (χ3n) is 6.93. The molecule has 1 fully saturated rings. The Morgan fingerprint density at radius 1 is 0.973 bits per heavy atom. The van der Waals surface area contributed by atoms with E-state index < -0.39 is 17.6 Å². The smallest absolute Gasteiger partial charge is 0.327 e. The summed E-state index contributed by atoms with van der Waals surface area (Å²) in [6, 6.07) is 31.6. The monoisotopic (exact) mass is 494 g/mol. The quantitative estimate of drug-likeness (QED) is 0.310. The second-order valence-electron chi connectivity index (χ2n) is 9.17. The minimum atomic E-state index is -0.595. The predicted octanol–water partition coefficient (Wildman–Crippen LogP) is 3.89. The highest BCUT2D eigenvalue weighted by atomic mass is 16.5. The molecule has 7 heteroatoms. The highest BCUT2D eigenvalue weighted by Gasteiger charge is 2.44. The number of piperidine rings is 1. The minimum absolute atomic E-state index is 0.0134. The average Bonchev–Trinajstić information content (AvgIpc) is 3.39. The summed E-state index contributed by atoms with van der Waals surface area (Å²) < 4.78 is 6.16. The van der Waals surface area contributed by atoms with E-state index in [9.17, 15) is 9.90 Å². The minimum Gasteiger partial charge on any atom is -0.468 e. The van der Waals surface area contributed by atoms with Gasteiger partial charge in [-0.15, -0.1) is 5.10 Å². The van der Waals surface area contributed by atoms with Crippen LogP contribution >= 0.6 is 0 Å². The first-order valence-corrected chi connectivity index (χ1v) is 12.4. The summed E-state index contributed by atoms with van der Waals surface area (Å²) in [5, 5.41) is 19.2. The van der Waals surface area contributed by atoms with Crippen molar-refractivity contribution < 1.29 is 14.6 Å².